The zero-order valence-electron chi connectivity index (χ0n) is 16.8. The molecule has 2 aliphatic rings. The van der Waals surface area contributed by atoms with Crippen molar-refractivity contribution in [2.24, 2.45) is 11.3 Å². The third-order valence-electron chi connectivity index (χ3n) is 6.64. The first-order valence-electron chi connectivity index (χ1n) is 9.54. The molecule has 1 aromatic rings. The van der Waals surface area contributed by atoms with Crippen LogP contribution >= 0.6 is 0 Å². The number of carbonyl (C=O) groups excluding carboxylic acids is 1. The highest BCUT2D eigenvalue weighted by Crippen LogP contribution is 2.62. The smallest absolute Gasteiger partial charge is 0.308 e. The van der Waals surface area contributed by atoms with Crippen LogP contribution in [0.2, 0.25) is 0 Å². The van der Waals surface area contributed by atoms with Crippen LogP contribution in [-0.2, 0) is 16.6 Å². The summed E-state index contributed by atoms with van der Waals surface area (Å²) in [5.41, 5.74) is 4.15. The summed E-state index contributed by atoms with van der Waals surface area (Å²) in [4.78, 5) is 11.7. The zero-order valence-corrected chi connectivity index (χ0v) is 16.8. The molecule has 0 N–H and O–H groups in total. The molecule has 3 rings (SSSR count). The van der Waals surface area contributed by atoms with E-state index >= 15 is 0 Å². The van der Waals surface area contributed by atoms with E-state index in [2.05, 4.69) is 40.7 Å². The lowest BCUT2D eigenvalue weighted by atomic mass is 9.57. The number of hydrogen-bond acceptors (Lipinski definition) is 3. The SMILES string of the molecule is COc1c(OC(C)=O)c(C(C)C)cc2c1[C@@]1(C)CCCC(C)(C)[C@H]1C2. The second-order valence-corrected chi connectivity index (χ2v) is 9.13. The molecule has 2 atom stereocenters. The Morgan fingerprint density at radius 1 is 1.20 bits per heavy atom. The van der Waals surface area contributed by atoms with Gasteiger partial charge in [0, 0.05) is 23.5 Å². The van der Waals surface area contributed by atoms with Gasteiger partial charge in [-0.15, -0.1) is 0 Å². The third-order valence-corrected chi connectivity index (χ3v) is 6.64. The fourth-order valence-electron chi connectivity index (χ4n) is 5.52. The fraction of sp³-hybridized carbons (Fsp3) is 0.682. The maximum absolute atomic E-state index is 11.7. The lowest BCUT2D eigenvalue weighted by molar-refractivity contribution is -0.132. The summed E-state index contributed by atoms with van der Waals surface area (Å²) < 4.78 is 11.6. The van der Waals surface area contributed by atoms with Crippen LogP contribution in [0, 0.1) is 11.3 Å². The van der Waals surface area contributed by atoms with Gasteiger partial charge in [0.15, 0.2) is 11.5 Å². The van der Waals surface area contributed by atoms with Gasteiger partial charge in [0.2, 0.25) is 0 Å². The lowest BCUT2D eigenvalue weighted by Crippen LogP contribution is -2.42. The number of hydrogen-bond donors (Lipinski definition) is 0. The Balaban J connectivity index is 2.26. The molecule has 2 aliphatic carbocycles. The second kappa shape index (κ2) is 6.03. The molecule has 1 saturated carbocycles. The van der Waals surface area contributed by atoms with E-state index in [1.807, 2.05) is 0 Å². The second-order valence-electron chi connectivity index (χ2n) is 9.13. The van der Waals surface area contributed by atoms with E-state index in [0.29, 0.717) is 17.1 Å². The molecule has 0 aromatic heterocycles. The largest absolute Gasteiger partial charge is 0.493 e. The van der Waals surface area contributed by atoms with E-state index in [-0.39, 0.29) is 17.3 Å². The Bertz CT molecular complexity index is 702. The van der Waals surface area contributed by atoms with Crippen molar-refractivity contribution in [3.8, 4) is 11.5 Å². The summed E-state index contributed by atoms with van der Waals surface area (Å²) >= 11 is 0. The van der Waals surface area contributed by atoms with Crippen LogP contribution in [-0.4, -0.2) is 13.1 Å². The minimum absolute atomic E-state index is 0.0901. The van der Waals surface area contributed by atoms with Crippen LogP contribution < -0.4 is 9.47 Å². The Morgan fingerprint density at radius 3 is 2.44 bits per heavy atom. The summed E-state index contributed by atoms with van der Waals surface area (Å²) in [6.45, 7) is 12.9. The summed E-state index contributed by atoms with van der Waals surface area (Å²) in [5.74, 6) is 2.01. The molecule has 3 nitrogen and oxygen atoms in total. The van der Waals surface area contributed by atoms with Gasteiger partial charge in [-0.05, 0) is 42.1 Å². The molecule has 0 heterocycles. The molecule has 1 fully saturated rings. The van der Waals surface area contributed by atoms with Crippen LogP contribution in [0.25, 0.3) is 0 Å². The van der Waals surface area contributed by atoms with Crippen molar-refractivity contribution < 1.29 is 14.3 Å². The summed E-state index contributed by atoms with van der Waals surface area (Å²) in [7, 11) is 1.71. The van der Waals surface area contributed by atoms with Crippen molar-refractivity contribution in [2.75, 3.05) is 7.11 Å². The Morgan fingerprint density at radius 2 is 1.88 bits per heavy atom. The topological polar surface area (TPSA) is 35.5 Å². The van der Waals surface area contributed by atoms with Gasteiger partial charge in [0.25, 0.3) is 0 Å². The molecule has 0 amide bonds. The Kier molecular flexibility index (Phi) is 4.41. The number of fused-ring (bicyclic) bond motifs is 3. The van der Waals surface area contributed by atoms with Crippen LogP contribution in [0.3, 0.4) is 0 Å². The van der Waals surface area contributed by atoms with Gasteiger partial charge in [-0.25, -0.2) is 0 Å². The molecular weight excluding hydrogens is 312 g/mol. The predicted molar refractivity (Wildman–Crippen MR) is 101 cm³/mol. The van der Waals surface area contributed by atoms with Crippen molar-refractivity contribution in [1.82, 2.24) is 0 Å². The molecule has 0 radical (unpaired) electrons. The van der Waals surface area contributed by atoms with Gasteiger partial charge in [-0.2, -0.15) is 0 Å². The van der Waals surface area contributed by atoms with Crippen molar-refractivity contribution in [2.45, 2.75) is 78.6 Å². The molecule has 1 aromatic carbocycles. The van der Waals surface area contributed by atoms with Crippen LogP contribution in [0.15, 0.2) is 6.07 Å². The highest BCUT2D eigenvalue weighted by molar-refractivity contribution is 5.73. The number of ether oxygens (including phenoxy) is 2. The first kappa shape index (κ1) is 18.3. The quantitative estimate of drug-likeness (QED) is 0.545. The van der Waals surface area contributed by atoms with E-state index in [1.54, 1.807) is 7.11 Å². The van der Waals surface area contributed by atoms with Gasteiger partial charge in [0.1, 0.15) is 0 Å². The number of rotatable bonds is 3. The van der Waals surface area contributed by atoms with E-state index in [1.165, 1.54) is 37.3 Å². The molecule has 0 aliphatic heterocycles. The van der Waals surface area contributed by atoms with Gasteiger partial charge < -0.3 is 9.47 Å². The standard InChI is InChI=1S/C22H32O3/c1-13(2)16-11-15-12-17-21(4,5)9-8-10-22(17,6)18(15)20(24-7)19(16)25-14(3)23/h11,13,17H,8-10,12H2,1-7H3/t17-,22+/m1/s1. The van der Waals surface area contributed by atoms with Gasteiger partial charge in [-0.3, -0.25) is 4.79 Å². The molecule has 3 heteroatoms. The van der Waals surface area contributed by atoms with Gasteiger partial charge >= 0.3 is 5.97 Å². The third kappa shape index (κ3) is 2.76. The molecule has 0 unspecified atom stereocenters. The average Bonchev–Trinajstić information content (AvgIpc) is 2.80. The Labute approximate surface area is 152 Å². The number of benzene rings is 1. The van der Waals surface area contributed by atoms with Crippen LogP contribution in [0.4, 0.5) is 0 Å². The summed E-state index contributed by atoms with van der Waals surface area (Å²) in [6.07, 6.45) is 4.77. The normalized spacial score (nSPS) is 27.0. The molecule has 0 saturated heterocycles. The maximum Gasteiger partial charge on any atom is 0.308 e. The van der Waals surface area contributed by atoms with Gasteiger partial charge in [-0.1, -0.05) is 47.1 Å². The summed E-state index contributed by atoms with van der Waals surface area (Å²) in [5, 5.41) is 0. The first-order valence-corrected chi connectivity index (χ1v) is 9.54. The first-order chi connectivity index (χ1) is 11.6. The number of methoxy groups -OCH3 is 1. The van der Waals surface area contributed by atoms with E-state index < -0.39 is 0 Å². The van der Waals surface area contributed by atoms with Crippen molar-refractivity contribution in [3.63, 3.8) is 0 Å². The van der Waals surface area contributed by atoms with Crippen molar-refractivity contribution in [1.29, 1.82) is 0 Å². The van der Waals surface area contributed by atoms with Crippen LogP contribution in [0.5, 0.6) is 11.5 Å². The lowest BCUT2D eigenvalue weighted by Gasteiger charge is -2.48. The molecule has 25 heavy (non-hydrogen) atoms. The number of carbonyl (C=O) groups is 1. The van der Waals surface area contributed by atoms with E-state index in [9.17, 15) is 4.79 Å². The fourth-order valence-corrected chi connectivity index (χ4v) is 5.52. The van der Waals surface area contributed by atoms with Crippen molar-refractivity contribution in [3.05, 3.63) is 22.8 Å². The minimum atomic E-state index is -0.288. The molecule has 138 valence electrons. The molecular formula is C22H32O3. The monoisotopic (exact) mass is 344 g/mol. The minimum Gasteiger partial charge on any atom is -0.493 e. The zero-order chi connectivity index (χ0) is 18.6. The predicted octanol–water partition coefficient (Wildman–Crippen LogP) is 5.38. The highest BCUT2D eigenvalue weighted by Gasteiger charge is 2.54. The highest BCUT2D eigenvalue weighted by atomic mass is 16.6. The summed E-state index contributed by atoms with van der Waals surface area (Å²) in [6, 6.07) is 2.28. The molecule has 0 spiro atoms. The number of esters is 1. The van der Waals surface area contributed by atoms with Crippen LogP contribution in [0.1, 0.15) is 83.4 Å². The average molecular weight is 344 g/mol. The van der Waals surface area contributed by atoms with E-state index in [4.69, 9.17) is 9.47 Å². The molecule has 0 bridgehead atoms. The maximum atomic E-state index is 11.7. The van der Waals surface area contributed by atoms with E-state index in [0.717, 1.165) is 17.7 Å². The van der Waals surface area contributed by atoms with Gasteiger partial charge in [0.05, 0.1) is 7.11 Å². The Hall–Kier alpha value is -1.51. The van der Waals surface area contributed by atoms with Crippen molar-refractivity contribution >= 4 is 5.97 Å².